The van der Waals surface area contributed by atoms with Gasteiger partial charge in [-0.2, -0.15) is 0 Å². The summed E-state index contributed by atoms with van der Waals surface area (Å²) in [4.78, 5) is 8.72. The van der Waals surface area contributed by atoms with Crippen LogP contribution < -0.4 is 4.74 Å². The molecule has 3 aromatic rings. The minimum absolute atomic E-state index is 0.676. The molecule has 0 amide bonds. The second kappa shape index (κ2) is 6.22. The quantitative estimate of drug-likeness (QED) is 0.657. The molecule has 2 heterocycles. The molecule has 1 aromatic carbocycles. The van der Waals surface area contributed by atoms with E-state index in [0.717, 1.165) is 34.2 Å². The maximum absolute atomic E-state index is 5.55. The third kappa shape index (κ3) is 3.05. The molecule has 3 rings (SSSR count). The molecular formula is C15H18N4OS. The number of aromatic nitrogens is 4. The number of fused-ring (bicyclic) bond motifs is 1. The molecule has 5 nitrogen and oxygen atoms in total. The van der Waals surface area contributed by atoms with Crippen LogP contribution in [0.4, 0.5) is 0 Å². The maximum atomic E-state index is 5.55. The number of benzene rings is 1. The minimum atomic E-state index is 0.676. The van der Waals surface area contributed by atoms with Crippen molar-refractivity contribution in [3.8, 4) is 5.75 Å². The lowest BCUT2D eigenvalue weighted by molar-refractivity contribution is 0.340. The number of aryl methyl sites for hydroxylation is 2. The van der Waals surface area contributed by atoms with Crippen molar-refractivity contribution in [2.24, 2.45) is 7.05 Å². The molecule has 0 aliphatic carbocycles. The Kier molecular flexibility index (Phi) is 4.15. The van der Waals surface area contributed by atoms with Gasteiger partial charge in [0, 0.05) is 37.8 Å². The predicted molar refractivity (Wildman–Crippen MR) is 84.8 cm³/mol. The highest BCUT2D eigenvalue weighted by atomic mass is 32.2. The Morgan fingerprint density at radius 1 is 1.33 bits per heavy atom. The van der Waals surface area contributed by atoms with E-state index >= 15 is 0 Å². The molecule has 0 unspecified atom stereocenters. The van der Waals surface area contributed by atoms with Gasteiger partial charge in [-0.05, 0) is 19.1 Å². The van der Waals surface area contributed by atoms with Crippen molar-refractivity contribution >= 4 is 22.8 Å². The Labute approximate surface area is 128 Å². The summed E-state index contributed by atoms with van der Waals surface area (Å²) in [6.45, 7) is 3.60. The molecular weight excluding hydrogens is 284 g/mol. The van der Waals surface area contributed by atoms with E-state index in [2.05, 4.69) is 19.1 Å². The number of imidazole rings is 2. The van der Waals surface area contributed by atoms with E-state index in [1.807, 2.05) is 44.7 Å². The van der Waals surface area contributed by atoms with Crippen molar-refractivity contribution in [1.29, 1.82) is 0 Å². The van der Waals surface area contributed by atoms with E-state index in [1.54, 1.807) is 18.0 Å². The van der Waals surface area contributed by atoms with Crippen LogP contribution in [0.3, 0.4) is 0 Å². The van der Waals surface area contributed by atoms with Gasteiger partial charge < -0.3 is 13.9 Å². The number of hydrogen-bond acceptors (Lipinski definition) is 4. The summed E-state index contributed by atoms with van der Waals surface area (Å²) in [7, 11) is 2.05. The maximum Gasteiger partial charge on any atom is 0.168 e. The zero-order valence-corrected chi connectivity index (χ0v) is 13.0. The van der Waals surface area contributed by atoms with E-state index in [1.165, 1.54) is 0 Å². The first-order chi connectivity index (χ1) is 10.3. The highest BCUT2D eigenvalue weighted by molar-refractivity contribution is 7.99. The first-order valence-electron chi connectivity index (χ1n) is 6.95. The lowest BCUT2D eigenvalue weighted by Crippen LogP contribution is -1.99. The Bertz CT molecular complexity index is 721. The van der Waals surface area contributed by atoms with E-state index < -0.39 is 0 Å². The van der Waals surface area contributed by atoms with Crippen LogP contribution >= 0.6 is 11.8 Å². The first kappa shape index (κ1) is 14.0. The van der Waals surface area contributed by atoms with Gasteiger partial charge in [-0.15, -0.1) is 0 Å². The average molecular weight is 302 g/mol. The van der Waals surface area contributed by atoms with Crippen molar-refractivity contribution in [3.05, 3.63) is 36.9 Å². The van der Waals surface area contributed by atoms with Crippen molar-refractivity contribution in [1.82, 2.24) is 19.1 Å². The van der Waals surface area contributed by atoms with Gasteiger partial charge in [-0.3, -0.25) is 0 Å². The van der Waals surface area contributed by atoms with Crippen molar-refractivity contribution in [2.45, 2.75) is 18.6 Å². The molecule has 110 valence electrons. The minimum Gasteiger partial charge on any atom is -0.494 e. The number of rotatable bonds is 6. The molecule has 0 bridgehead atoms. The third-order valence-corrected chi connectivity index (χ3v) is 4.27. The molecule has 0 saturated carbocycles. The number of thioether (sulfide) groups is 1. The van der Waals surface area contributed by atoms with E-state index in [0.29, 0.717) is 6.61 Å². The highest BCUT2D eigenvalue weighted by Gasteiger charge is 2.09. The Morgan fingerprint density at radius 3 is 3.00 bits per heavy atom. The van der Waals surface area contributed by atoms with Gasteiger partial charge in [0.15, 0.2) is 5.16 Å². The number of hydrogen-bond donors (Lipinski definition) is 0. The van der Waals surface area contributed by atoms with Gasteiger partial charge in [0.05, 0.1) is 24.0 Å². The lowest BCUT2D eigenvalue weighted by atomic mass is 10.3. The molecule has 21 heavy (non-hydrogen) atoms. The molecule has 0 fully saturated rings. The molecule has 0 atom stereocenters. The van der Waals surface area contributed by atoms with E-state index in [-0.39, 0.29) is 0 Å². The fourth-order valence-corrected chi connectivity index (χ4v) is 3.13. The normalized spacial score (nSPS) is 11.1. The summed E-state index contributed by atoms with van der Waals surface area (Å²) in [6.07, 6.45) is 5.61. The second-order valence-corrected chi connectivity index (χ2v) is 5.75. The van der Waals surface area contributed by atoms with Gasteiger partial charge in [-0.25, -0.2) is 9.97 Å². The summed E-state index contributed by atoms with van der Waals surface area (Å²) in [5, 5.41) is 1.03. The second-order valence-electron chi connectivity index (χ2n) is 4.69. The molecule has 0 radical (unpaired) electrons. The Hall–Kier alpha value is -1.95. The standard InChI is InChI=1S/C15H18N4OS/c1-3-20-12-4-5-13-14(10-12)18(2)15(17-13)21-9-8-19-7-6-16-11-19/h4-7,10-11H,3,8-9H2,1-2H3. The Morgan fingerprint density at radius 2 is 2.24 bits per heavy atom. The SMILES string of the molecule is CCOc1ccc2nc(SCCn3ccnc3)n(C)c2c1. The lowest BCUT2D eigenvalue weighted by Gasteiger charge is -2.04. The van der Waals surface area contributed by atoms with Crippen LogP contribution in [-0.2, 0) is 13.6 Å². The monoisotopic (exact) mass is 302 g/mol. The molecule has 0 saturated heterocycles. The number of nitrogens with zero attached hydrogens (tertiary/aromatic N) is 4. The van der Waals surface area contributed by atoms with Crippen LogP contribution in [0, 0.1) is 0 Å². The smallest absolute Gasteiger partial charge is 0.168 e. The van der Waals surface area contributed by atoms with Crippen LogP contribution in [0.1, 0.15) is 6.92 Å². The molecule has 6 heteroatoms. The van der Waals surface area contributed by atoms with Crippen LogP contribution in [0.5, 0.6) is 5.75 Å². The third-order valence-electron chi connectivity index (χ3n) is 3.26. The highest BCUT2D eigenvalue weighted by Crippen LogP contribution is 2.26. The van der Waals surface area contributed by atoms with Crippen molar-refractivity contribution in [2.75, 3.05) is 12.4 Å². The van der Waals surface area contributed by atoms with Crippen LogP contribution in [-0.4, -0.2) is 31.5 Å². The number of ether oxygens (including phenoxy) is 1. The van der Waals surface area contributed by atoms with Gasteiger partial charge in [0.1, 0.15) is 5.75 Å². The molecule has 0 aliphatic heterocycles. The zero-order valence-electron chi connectivity index (χ0n) is 12.2. The van der Waals surface area contributed by atoms with Gasteiger partial charge in [0.25, 0.3) is 0 Å². The fraction of sp³-hybridized carbons (Fsp3) is 0.333. The topological polar surface area (TPSA) is 44.9 Å². The summed E-state index contributed by atoms with van der Waals surface area (Å²) in [5.74, 6) is 1.86. The van der Waals surface area contributed by atoms with E-state index in [9.17, 15) is 0 Å². The summed E-state index contributed by atoms with van der Waals surface area (Å²) >= 11 is 1.75. The summed E-state index contributed by atoms with van der Waals surface area (Å²) in [5.41, 5.74) is 2.11. The Balaban J connectivity index is 1.74. The summed E-state index contributed by atoms with van der Waals surface area (Å²) < 4.78 is 9.74. The largest absolute Gasteiger partial charge is 0.494 e. The molecule has 0 aliphatic rings. The van der Waals surface area contributed by atoms with Crippen LogP contribution in [0.25, 0.3) is 11.0 Å². The summed E-state index contributed by atoms with van der Waals surface area (Å²) in [6, 6.07) is 6.03. The molecule has 2 aromatic heterocycles. The van der Waals surface area contributed by atoms with Crippen molar-refractivity contribution in [3.63, 3.8) is 0 Å². The molecule has 0 N–H and O–H groups in total. The zero-order chi connectivity index (χ0) is 14.7. The van der Waals surface area contributed by atoms with E-state index in [4.69, 9.17) is 4.74 Å². The van der Waals surface area contributed by atoms with Crippen LogP contribution in [0.2, 0.25) is 0 Å². The average Bonchev–Trinajstić information content (AvgIpc) is 3.10. The predicted octanol–water partition coefficient (Wildman–Crippen LogP) is 2.96. The van der Waals surface area contributed by atoms with Crippen LogP contribution in [0.15, 0.2) is 42.1 Å². The molecule has 0 spiro atoms. The first-order valence-corrected chi connectivity index (χ1v) is 7.94. The fourth-order valence-electron chi connectivity index (χ4n) is 2.19. The van der Waals surface area contributed by atoms with Gasteiger partial charge in [0.2, 0.25) is 0 Å². The van der Waals surface area contributed by atoms with Gasteiger partial charge in [-0.1, -0.05) is 11.8 Å². The van der Waals surface area contributed by atoms with Gasteiger partial charge >= 0.3 is 0 Å². The van der Waals surface area contributed by atoms with Crippen molar-refractivity contribution < 1.29 is 4.74 Å².